The molecule has 84 valence electrons. The van der Waals surface area contributed by atoms with Crippen LogP contribution in [0.25, 0.3) is 0 Å². The molecular formula is C11H18N2O2. The summed E-state index contributed by atoms with van der Waals surface area (Å²) in [5, 5.41) is 5.88. The molecule has 1 rings (SSSR count). The molecule has 1 amide bonds. The molecule has 15 heavy (non-hydrogen) atoms. The Hall–Kier alpha value is -1.29. The van der Waals surface area contributed by atoms with Crippen molar-refractivity contribution in [2.24, 2.45) is 0 Å². The number of nitrogens with one attached hydrogen (secondary N) is 2. The third-order valence-corrected chi connectivity index (χ3v) is 2.20. The van der Waals surface area contributed by atoms with E-state index in [-0.39, 0.29) is 5.91 Å². The lowest BCUT2D eigenvalue weighted by molar-refractivity contribution is 0.0951. The highest BCUT2D eigenvalue weighted by Gasteiger charge is 2.11. The minimum atomic E-state index is -0.0447. The molecular weight excluding hydrogens is 192 g/mol. The predicted molar refractivity (Wildman–Crippen MR) is 59.0 cm³/mol. The van der Waals surface area contributed by atoms with Crippen LogP contribution in [0.2, 0.25) is 0 Å². The molecule has 4 heteroatoms. The summed E-state index contributed by atoms with van der Waals surface area (Å²) in [4.78, 5) is 11.7. The Morgan fingerprint density at radius 3 is 2.93 bits per heavy atom. The van der Waals surface area contributed by atoms with Gasteiger partial charge in [-0.15, -0.1) is 0 Å². The minimum Gasteiger partial charge on any atom is -0.469 e. The van der Waals surface area contributed by atoms with E-state index in [0.29, 0.717) is 12.1 Å². The van der Waals surface area contributed by atoms with Crippen LogP contribution in [-0.2, 0) is 6.42 Å². The van der Waals surface area contributed by atoms with Gasteiger partial charge >= 0.3 is 0 Å². The van der Waals surface area contributed by atoms with Gasteiger partial charge < -0.3 is 15.1 Å². The van der Waals surface area contributed by atoms with Gasteiger partial charge in [0.25, 0.3) is 5.91 Å². The first-order chi connectivity index (χ1) is 7.29. The lowest BCUT2D eigenvalue weighted by atomic mass is 10.2. The van der Waals surface area contributed by atoms with Crippen molar-refractivity contribution < 1.29 is 9.21 Å². The molecule has 0 aromatic carbocycles. The summed E-state index contributed by atoms with van der Waals surface area (Å²) >= 11 is 0. The zero-order valence-electron chi connectivity index (χ0n) is 9.30. The van der Waals surface area contributed by atoms with Crippen molar-refractivity contribution in [1.82, 2.24) is 10.6 Å². The molecule has 0 saturated heterocycles. The van der Waals surface area contributed by atoms with E-state index < -0.39 is 0 Å². The molecule has 4 nitrogen and oxygen atoms in total. The monoisotopic (exact) mass is 210 g/mol. The number of hydrogen-bond acceptors (Lipinski definition) is 3. The first-order valence-electron chi connectivity index (χ1n) is 5.28. The first kappa shape index (κ1) is 11.8. The van der Waals surface area contributed by atoms with Gasteiger partial charge in [0.05, 0.1) is 11.8 Å². The molecule has 0 aliphatic heterocycles. The highest BCUT2D eigenvalue weighted by atomic mass is 16.3. The number of hydrogen-bond donors (Lipinski definition) is 2. The highest BCUT2D eigenvalue weighted by molar-refractivity contribution is 5.95. The van der Waals surface area contributed by atoms with Crippen molar-refractivity contribution in [3.8, 4) is 0 Å². The number of furan rings is 1. The van der Waals surface area contributed by atoms with Gasteiger partial charge in [-0.05, 0) is 26.1 Å². The van der Waals surface area contributed by atoms with Crippen molar-refractivity contribution >= 4 is 5.91 Å². The summed E-state index contributed by atoms with van der Waals surface area (Å²) < 4.78 is 5.19. The van der Waals surface area contributed by atoms with E-state index >= 15 is 0 Å². The third-order valence-electron chi connectivity index (χ3n) is 2.20. The van der Waals surface area contributed by atoms with Crippen LogP contribution in [0.15, 0.2) is 16.7 Å². The molecule has 1 aromatic heterocycles. The smallest absolute Gasteiger partial charge is 0.254 e. The average molecular weight is 210 g/mol. The number of amides is 1. The predicted octanol–water partition coefficient (Wildman–Crippen LogP) is 1.18. The second-order valence-corrected chi connectivity index (χ2v) is 3.32. The van der Waals surface area contributed by atoms with Crippen LogP contribution in [0.4, 0.5) is 0 Å². The summed E-state index contributed by atoms with van der Waals surface area (Å²) in [6.07, 6.45) is 3.23. The first-order valence-corrected chi connectivity index (χ1v) is 5.28. The molecule has 0 radical (unpaired) electrons. The quantitative estimate of drug-likeness (QED) is 0.693. The number of carbonyl (C=O) groups excluding carboxylic acids is 1. The standard InChI is InChI=1S/C11H18N2O2/c1-3-10-9(5-8-15-10)11(14)13-7-4-6-12-2/h5,8,12H,3-4,6-7H2,1-2H3,(H,13,14). The molecule has 2 N–H and O–H groups in total. The second kappa shape index (κ2) is 6.24. The maximum absolute atomic E-state index is 11.7. The Morgan fingerprint density at radius 2 is 2.27 bits per heavy atom. The summed E-state index contributed by atoms with van der Waals surface area (Å²) in [6.45, 7) is 3.57. The summed E-state index contributed by atoms with van der Waals surface area (Å²) in [7, 11) is 1.90. The summed E-state index contributed by atoms with van der Waals surface area (Å²) in [6, 6.07) is 1.71. The molecule has 1 aromatic rings. The van der Waals surface area contributed by atoms with Gasteiger partial charge in [0.1, 0.15) is 5.76 Å². The largest absolute Gasteiger partial charge is 0.469 e. The van der Waals surface area contributed by atoms with Crippen LogP contribution in [0.5, 0.6) is 0 Å². The number of carbonyl (C=O) groups is 1. The topological polar surface area (TPSA) is 54.3 Å². The Balaban J connectivity index is 2.40. The van der Waals surface area contributed by atoms with Gasteiger partial charge in [-0.25, -0.2) is 0 Å². The maximum Gasteiger partial charge on any atom is 0.254 e. The van der Waals surface area contributed by atoms with E-state index in [9.17, 15) is 4.79 Å². The van der Waals surface area contributed by atoms with Gasteiger partial charge in [0.2, 0.25) is 0 Å². The minimum absolute atomic E-state index is 0.0447. The van der Waals surface area contributed by atoms with Crippen molar-refractivity contribution in [3.05, 3.63) is 23.7 Å². The van der Waals surface area contributed by atoms with E-state index in [1.807, 2.05) is 14.0 Å². The molecule has 0 atom stereocenters. The fourth-order valence-electron chi connectivity index (χ4n) is 1.38. The lowest BCUT2D eigenvalue weighted by Gasteiger charge is -2.04. The Bertz CT molecular complexity index is 307. The van der Waals surface area contributed by atoms with Crippen LogP contribution in [0, 0.1) is 0 Å². The maximum atomic E-state index is 11.7. The molecule has 0 spiro atoms. The molecule has 0 fully saturated rings. The van der Waals surface area contributed by atoms with Crippen LogP contribution in [0.1, 0.15) is 29.5 Å². The molecule has 0 bridgehead atoms. The SMILES string of the molecule is CCc1occc1C(=O)NCCCNC. The normalized spacial score (nSPS) is 10.3. The second-order valence-electron chi connectivity index (χ2n) is 3.32. The van der Waals surface area contributed by atoms with Crippen LogP contribution >= 0.6 is 0 Å². The molecule has 0 aliphatic rings. The summed E-state index contributed by atoms with van der Waals surface area (Å²) in [5.41, 5.74) is 0.655. The fourth-order valence-corrected chi connectivity index (χ4v) is 1.38. The number of aryl methyl sites for hydroxylation is 1. The molecule has 0 unspecified atom stereocenters. The Kier molecular flexibility index (Phi) is 4.90. The Morgan fingerprint density at radius 1 is 1.47 bits per heavy atom. The van der Waals surface area contributed by atoms with Crippen molar-refractivity contribution in [3.63, 3.8) is 0 Å². The average Bonchev–Trinajstić information content (AvgIpc) is 2.72. The lowest BCUT2D eigenvalue weighted by Crippen LogP contribution is -2.26. The zero-order chi connectivity index (χ0) is 11.1. The van der Waals surface area contributed by atoms with E-state index in [1.54, 1.807) is 12.3 Å². The fraction of sp³-hybridized carbons (Fsp3) is 0.545. The van der Waals surface area contributed by atoms with Gasteiger partial charge in [0, 0.05) is 13.0 Å². The van der Waals surface area contributed by atoms with Crippen molar-refractivity contribution in [1.29, 1.82) is 0 Å². The van der Waals surface area contributed by atoms with Crippen molar-refractivity contribution in [2.75, 3.05) is 20.1 Å². The highest BCUT2D eigenvalue weighted by Crippen LogP contribution is 2.10. The molecule has 1 heterocycles. The van der Waals surface area contributed by atoms with Crippen LogP contribution < -0.4 is 10.6 Å². The van der Waals surface area contributed by atoms with E-state index in [2.05, 4.69) is 10.6 Å². The van der Waals surface area contributed by atoms with Crippen molar-refractivity contribution in [2.45, 2.75) is 19.8 Å². The zero-order valence-corrected chi connectivity index (χ0v) is 9.30. The third kappa shape index (κ3) is 3.40. The van der Waals surface area contributed by atoms with E-state index in [0.717, 1.165) is 25.1 Å². The van der Waals surface area contributed by atoms with Crippen LogP contribution in [0.3, 0.4) is 0 Å². The Labute approximate surface area is 90.0 Å². The number of rotatable bonds is 6. The van der Waals surface area contributed by atoms with Gasteiger partial charge in [-0.2, -0.15) is 0 Å². The van der Waals surface area contributed by atoms with Crippen LogP contribution in [-0.4, -0.2) is 26.0 Å². The molecule has 0 saturated carbocycles. The van der Waals surface area contributed by atoms with E-state index in [1.165, 1.54) is 0 Å². The van der Waals surface area contributed by atoms with E-state index in [4.69, 9.17) is 4.42 Å². The summed E-state index contributed by atoms with van der Waals surface area (Å²) in [5.74, 6) is 0.706. The van der Waals surface area contributed by atoms with Gasteiger partial charge in [0.15, 0.2) is 0 Å². The molecule has 0 aliphatic carbocycles. The van der Waals surface area contributed by atoms with Gasteiger partial charge in [-0.1, -0.05) is 6.92 Å². The van der Waals surface area contributed by atoms with Gasteiger partial charge in [-0.3, -0.25) is 4.79 Å².